The predicted octanol–water partition coefficient (Wildman–Crippen LogP) is 3.41. The summed E-state index contributed by atoms with van der Waals surface area (Å²) >= 11 is 0. The van der Waals surface area contributed by atoms with Gasteiger partial charge in [0.1, 0.15) is 0 Å². The maximum atomic E-state index is 4.41. The largest absolute Gasteiger partial charge is 0.317 e. The summed E-state index contributed by atoms with van der Waals surface area (Å²) in [6, 6.07) is 10.6. The molecule has 1 N–H and O–H groups in total. The van der Waals surface area contributed by atoms with Crippen LogP contribution < -0.4 is 5.32 Å². The molecule has 2 heteroatoms. The number of fused-ring (bicyclic) bond motifs is 1. The molecule has 18 heavy (non-hydrogen) atoms. The molecule has 2 nitrogen and oxygen atoms in total. The summed E-state index contributed by atoms with van der Waals surface area (Å²) in [7, 11) is 0. The van der Waals surface area contributed by atoms with E-state index in [1.807, 2.05) is 12.3 Å². The molecule has 0 radical (unpaired) electrons. The Morgan fingerprint density at radius 1 is 1.22 bits per heavy atom. The molecule has 96 valence electrons. The molecule has 0 saturated heterocycles. The minimum Gasteiger partial charge on any atom is -0.317 e. The van der Waals surface area contributed by atoms with Crippen molar-refractivity contribution in [2.24, 2.45) is 5.92 Å². The number of nitrogens with zero attached hydrogens (tertiary/aromatic N) is 1. The monoisotopic (exact) mass is 242 g/mol. The van der Waals surface area contributed by atoms with Gasteiger partial charge in [0, 0.05) is 11.6 Å². The van der Waals surface area contributed by atoms with Gasteiger partial charge in [-0.15, -0.1) is 0 Å². The number of para-hydroxylation sites is 1. The molecule has 0 aliphatic heterocycles. The van der Waals surface area contributed by atoms with Crippen LogP contribution in [-0.4, -0.2) is 18.1 Å². The van der Waals surface area contributed by atoms with E-state index >= 15 is 0 Å². The van der Waals surface area contributed by atoms with Crippen LogP contribution in [0.1, 0.15) is 25.8 Å². The van der Waals surface area contributed by atoms with E-state index in [0.29, 0.717) is 5.92 Å². The molecule has 2 aromatic rings. The van der Waals surface area contributed by atoms with E-state index in [0.717, 1.165) is 25.0 Å². The minimum atomic E-state index is 0.704. The number of aromatic nitrogens is 1. The van der Waals surface area contributed by atoms with Crippen LogP contribution in [0.4, 0.5) is 0 Å². The Hall–Kier alpha value is -1.41. The Labute approximate surface area is 109 Å². The summed E-state index contributed by atoms with van der Waals surface area (Å²) in [5, 5.41) is 4.69. The summed E-state index contributed by atoms with van der Waals surface area (Å²) < 4.78 is 0. The summed E-state index contributed by atoms with van der Waals surface area (Å²) in [5.74, 6) is 0.704. The van der Waals surface area contributed by atoms with Crippen molar-refractivity contribution < 1.29 is 0 Å². The molecular weight excluding hydrogens is 220 g/mol. The van der Waals surface area contributed by atoms with Gasteiger partial charge in [-0.25, -0.2) is 0 Å². The zero-order valence-electron chi connectivity index (χ0n) is 11.3. The van der Waals surface area contributed by atoms with E-state index in [-0.39, 0.29) is 0 Å². The minimum absolute atomic E-state index is 0.704. The summed E-state index contributed by atoms with van der Waals surface area (Å²) in [6.45, 7) is 6.65. The smallest absolute Gasteiger partial charge is 0.0704 e. The van der Waals surface area contributed by atoms with Crippen molar-refractivity contribution in [3.05, 3.63) is 42.1 Å². The van der Waals surface area contributed by atoms with Gasteiger partial charge in [-0.2, -0.15) is 0 Å². The third kappa shape index (κ3) is 3.30. The summed E-state index contributed by atoms with van der Waals surface area (Å²) in [4.78, 5) is 4.41. The van der Waals surface area contributed by atoms with Crippen LogP contribution in [0.5, 0.6) is 0 Å². The van der Waals surface area contributed by atoms with Crippen molar-refractivity contribution in [3.63, 3.8) is 0 Å². The molecule has 0 fully saturated rings. The average Bonchev–Trinajstić information content (AvgIpc) is 2.39. The molecule has 1 unspecified atom stereocenters. The van der Waals surface area contributed by atoms with Crippen LogP contribution in [-0.2, 0) is 6.42 Å². The van der Waals surface area contributed by atoms with Crippen molar-refractivity contribution in [1.29, 1.82) is 0 Å². The maximum absolute atomic E-state index is 4.41. The van der Waals surface area contributed by atoms with Crippen LogP contribution in [0.3, 0.4) is 0 Å². The topological polar surface area (TPSA) is 24.9 Å². The third-order valence-corrected chi connectivity index (χ3v) is 3.37. The van der Waals surface area contributed by atoms with Gasteiger partial charge in [0.2, 0.25) is 0 Å². The van der Waals surface area contributed by atoms with Crippen molar-refractivity contribution >= 4 is 10.9 Å². The lowest BCUT2D eigenvalue weighted by atomic mass is 9.96. The second-order valence-corrected chi connectivity index (χ2v) is 4.94. The van der Waals surface area contributed by atoms with Crippen molar-refractivity contribution in [3.8, 4) is 0 Å². The lowest BCUT2D eigenvalue weighted by Crippen LogP contribution is -2.17. The lowest BCUT2D eigenvalue weighted by Gasteiger charge is -2.13. The van der Waals surface area contributed by atoms with Crippen LogP contribution in [0.15, 0.2) is 36.5 Å². The zero-order chi connectivity index (χ0) is 12.8. The van der Waals surface area contributed by atoms with Gasteiger partial charge >= 0.3 is 0 Å². The lowest BCUT2D eigenvalue weighted by molar-refractivity contribution is 0.505. The molecule has 0 bridgehead atoms. The Morgan fingerprint density at radius 3 is 2.89 bits per heavy atom. The maximum Gasteiger partial charge on any atom is 0.0704 e. The fourth-order valence-electron chi connectivity index (χ4n) is 2.34. The summed E-state index contributed by atoms with van der Waals surface area (Å²) in [6.07, 6.45) is 4.29. The van der Waals surface area contributed by atoms with Gasteiger partial charge in [0.25, 0.3) is 0 Å². The van der Waals surface area contributed by atoms with Crippen molar-refractivity contribution in [1.82, 2.24) is 10.3 Å². The molecule has 0 amide bonds. The first-order valence-electron chi connectivity index (χ1n) is 6.84. The van der Waals surface area contributed by atoms with Gasteiger partial charge in [-0.05, 0) is 49.5 Å². The Bertz CT molecular complexity index is 488. The third-order valence-electron chi connectivity index (χ3n) is 3.37. The van der Waals surface area contributed by atoms with Crippen LogP contribution in [0.25, 0.3) is 10.9 Å². The first-order chi connectivity index (χ1) is 8.81. The molecule has 1 atom stereocenters. The Morgan fingerprint density at radius 2 is 2.06 bits per heavy atom. The number of pyridine rings is 1. The van der Waals surface area contributed by atoms with E-state index in [1.54, 1.807) is 0 Å². The summed E-state index contributed by atoms with van der Waals surface area (Å²) in [5.41, 5.74) is 2.53. The highest BCUT2D eigenvalue weighted by atomic mass is 14.8. The fraction of sp³-hybridized carbons (Fsp3) is 0.438. The highest BCUT2D eigenvalue weighted by Crippen LogP contribution is 2.20. The SMILES string of the molecule is CCNCCC(C)Cc1ccnc2ccccc12. The van der Waals surface area contributed by atoms with Gasteiger partial charge in [0.05, 0.1) is 5.52 Å². The molecular formula is C16H22N2. The second-order valence-electron chi connectivity index (χ2n) is 4.94. The van der Waals surface area contributed by atoms with Gasteiger partial charge < -0.3 is 5.32 Å². The molecule has 0 spiro atoms. The molecule has 0 aliphatic rings. The van der Waals surface area contributed by atoms with Gasteiger partial charge in [-0.3, -0.25) is 4.98 Å². The average molecular weight is 242 g/mol. The second kappa shape index (κ2) is 6.50. The first kappa shape index (κ1) is 13.0. The first-order valence-corrected chi connectivity index (χ1v) is 6.84. The van der Waals surface area contributed by atoms with Crippen LogP contribution >= 0.6 is 0 Å². The van der Waals surface area contributed by atoms with Crippen molar-refractivity contribution in [2.45, 2.75) is 26.7 Å². The Kier molecular flexibility index (Phi) is 4.71. The number of hydrogen-bond donors (Lipinski definition) is 1. The van der Waals surface area contributed by atoms with Crippen LogP contribution in [0, 0.1) is 5.92 Å². The normalized spacial score (nSPS) is 12.8. The molecule has 1 aromatic carbocycles. The number of nitrogens with one attached hydrogen (secondary N) is 1. The molecule has 1 aromatic heterocycles. The van der Waals surface area contributed by atoms with E-state index in [1.165, 1.54) is 17.4 Å². The van der Waals surface area contributed by atoms with E-state index < -0.39 is 0 Å². The van der Waals surface area contributed by atoms with E-state index in [9.17, 15) is 0 Å². The van der Waals surface area contributed by atoms with Crippen LogP contribution in [0.2, 0.25) is 0 Å². The molecule has 0 aliphatic carbocycles. The fourth-order valence-corrected chi connectivity index (χ4v) is 2.34. The predicted molar refractivity (Wildman–Crippen MR) is 77.8 cm³/mol. The quantitative estimate of drug-likeness (QED) is 0.785. The van der Waals surface area contributed by atoms with E-state index in [2.05, 4.69) is 48.4 Å². The molecule has 0 saturated carbocycles. The number of hydrogen-bond acceptors (Lipinski definition) is 2. The number of rotatable bonds is 6. The number of benzene rings is 1. The highest BCUT2D eigenvalue weighted by Gasteiger charge is 2.06. The molecule has 1 heterocycles. The molecule has 2 rings (SSSR count). The van der Waals surface area contributed by atoms with Gasteiger partial charge in [0.15, 0.2) is 0 Å². The van der Waals surface area contributed by atoms with Crippen molar-refractivity contribution in [2.75, 3.05) is 13.1 Å². The highest BCUT2D eigenvalue weighted by molar-refractivity contribution is 5.81. The zero-order valence-corrected chi connectivity index (χ0v) is 11.3. The standard InChI is InChI=1S/C16H22N2/c1-3-17-10-8-13(2)12-14-9-11-18-16-7-5-4-6-15(14)16/h4-7,9,11,13,17H,3,8,10,12H2,1-2H3. The Balaban J connectivity index is 2.07. The van der Waals surface area contributed by atoms with Gasteiger partial charge in [-0.1, -0.05) is 32.0 Å². The van der Waals surface area contributed by atoms with E-state index in [4.69, 9.17) is 0 Å².